The van der Waals surface area contributed by atoms with Gasteiger partial charge >= 0.3 is 6.09 Å². The molecule has 198 valence electrons. The number of carbonyl (C=O) groups is 1. The molecule has 0 aromatic carbocycles. The molecule has 9 nitrogen and oxygen atoms in total. The first-order valence-electron chi connectivity index (χ1n) is 13.4. The number of hydrogen-bond donors (Lipinski definition) is 1. The van der Waals surface area contributed by atoms with E-state index in [1.165, 1.54) is 17.7 Å². The standard InChI is InChI=1S/C26H44N4O5/c1-25(2,3)35-24(31)29(4)15-14-27-13-10-21-19-30(22-7-5-6-16-32-22)28-23(21)20-8-11-26(12-9-20)33-17-18-34-26/h19-20,22,27H,5-18H2,1-4H3. The Morgan fingerprint density at radius 1 is 1.17 bits per heavy atom. The van der Waals surface area contributed by atoms with Gasteiger partial charge in [0.25, 0.3) is 0 Å². The van der Waals surface area contributed by atoms with Gasteiger partial charge in [0, 0.05) is 51.7 Å². The topological polar surface area (TPSA) is 87.1 Å². The van der Waals surface area contributed by atoms with Crippen LogP contribution in [0.2, 0.25) is 0 Å². The minimum Gasteiger partial charge on any atom is -0.444 e. The number of likely N-dealkylation sites (N-methyl/N-ethyl adjacent to an activating group) is 1. The van der Waals surface area contributed by atoms with Gasteiger partial charge in [-0.3, -0.25) is 0 Å². The lowest BCUT2D eigenvalue weighted by atomic mass is 9.82. The van der Waals surface area contributed by atoms with E-state index >= 15 is 0 Å². The number of nitrogens with zero attached hydrogens (tertiary/aromatic N) is 3. The first-order chi connectivity index (χ1) is 16.7. The van der Waals surface area contributed by atoms with E-state index in [0.717, 1.165) is 58.1 Å². The predicted molar refractivity (Wildman–Crippen MR) is 132 cm³/mol. The van der Waals surface area contributed by atoms with Crippen molar-refractivity contribution in [3.05, 3.63) is 17.5 Å². The Hall–Kier alpha value is -1.68. The van der Waals surface area contributed by atoms with Gasteiger partial charge in [0.1, 0.15) is 11.8 Å². The quantitative estimate of drug-likeness (QED) is 0.549. The fourth-order valence-electron chi connectivity index (χ4n) is 5.20. The largest absolute Gasteiger partial charge is 0.444 e. The lowest BCUT2D eigenvalue weighted by Gasteiger charge is -2.35. The maximum Gasteiger partial charge on any atom is 0.410 e. The van der Waals surface area contributed by atoms with Gasteiger partial charge < -0.3 is 29.2 Å². The fourth-order valence-corrected chi connectivity index (χ4v) is 5.20. The van der Waals surface area contributed by atoms with Crippen LogP contribution in [0.3, 0.4) is 0 Å². The highest BCUT2D eigenvalue weighted by atomic mass is 16.7. The molecule has 3 aliphatic rings. The number of nitrogens with one attached hydrogen (secondary N) is 1. The molecule has 1 amide bonds. The molecule has 0 bridgehead atoms. The Labute approximate surface area is 209 Å². The van der Waals surface area contributed by atoms with Crippen LogP contribution >= 0.6 is 0 Å². The maximum absolute atomic E-state index is 12.1. The van der Waals surface area contributed by atoms with Crippen LogP contribution in [0.4, 0.5) is 4.79 Å². The molecular weight excluding hydrogens is 448 g/mol. The Balaban J connectivity index is 1.32. The predicted octanol–water partition coefficient (Wildman–Crippen LogP) is 3.98. The summed E-state index contributed by atoms with van der Waals surface area (Å²) in [6, 6.07) is 0. The molecule has 3 heterocycles. The van der Waals surface area contributed by atoms with Crippen molar-refractivity contribution in [1.82, 2.24) is 20.0 Å². The van der Waals surface area contributed by atoms with E-state index < -0.39 is 5.60 Å². The van der Waals surface area contributed by atoms with E-state index in [-0.39, 0.29) is 18.1 Å². The van der Waals surface area contributed by atoms with Crippen LogP contribution in [0.15, 0.2) is 6.20 Å². The minimum absolute atomic E-state index is 0.0446. The van der Waals surface area contributed by atoms with Gasteiger partial charge in [0.15, 0.2) is 5.79 Å². The maximum atomic E-state index is 12.1. The summed E-state index contributed by atoms with van der Waals surface area (Å²) in [4.78, 5) is 13.8. The molecule has 1 atom stereocenters. The van der Waals surface area contributed by atoms with Crippen LogP contribution in [-0.4, -0.2) is 78.7 Å². The summed E-state index contributed by atoms with van der Waals surface area (Å²) >= 11 is 0. The van der Waals surface area contributed by atoms with E-state index in [1.807, 2.05) is 20.8 Å². The Bertz CT molecular complexity index is 814. The summed E-state index contributed by atoms with van der Waals surface area (Å²) in [6.07, 6.45) is 10.1. The third kappa shape index (κ3) is 7.18. The van der Waals surface area contributed by atoms with E-state index in [0.29, 0.717) is 32.2 Å². The first-order valence-corrected chi connectivity index (χ1v) is 13.4. The summed E-state index contributed by atoms with van der Waals surface area (Å²) in [5.41, 5.74) is 2.02. The highest BCUT2D eigenvalue weighted by molar-refractivity contribution is 5.67. The van der Waals surface area contributed by atoms with Crippen LogP contribution < -0.4 is 5.32 Å². The van der Waals surface area contributed by atoms with Crippen molar-refractivity contribution >= 4 is 6.09 Å². The zero-order valence-corrected chi connectivity index (χ0v) is 22.0. The molecular formula is C26H44N4O5. The average Bonchev–Trinajstić information content (AvgIpc) is 3.46. The second kappa shape index (κ2) is 11.6. The van der Waals surface area contributed by atoms with E-state index in [2.05, 4.69) is 16.2 Å². The van der Waals surface area contributed by atoms with E-state index in [4.69, 9.17) is 24.0 Å². The highest BCUT2D eigenvalue weighted by Gasteiger charge is 2.41. The minimum atomic E-state index is -0.480. The van der Waals surface area contributed by atoms with Gasteiger partial charge in [-0.25, -0.2) is 9.48 Å². The lowest BCUT2D eigenvalue weighted by molar-refractivity contribution is -0.179. The number of aromatic nitrogens is 2. The monoisotopic (exact) mass is 492 g/mol. The molecule has 1 spiro atoms. The van der Waals surface area contributed by atoms with Gasteiger partial charge in [-0.15, -0.1) is 0 Å². The zero-order valence-electron chi connectivity index (χ0n) is 22.0. The van der Waals surface area contributed by atoms with Crippen molar-refractivity contribution in [1.29, 1.82) is 0 Å². The van der Waals surface area contributed by atoms with Crippen LogP contribution in [0.1, 0.15) is 89.1 Å². The molecule has 1 aliphatic carbocycles. The molecule has 4 rings (SSSR count). The molecule has 2 aliphatic heterocycles. The third-order valence-electron chi connectivity index (χ3n) is 7.14. The highest BCUT2D eigenvalue weighted by Crippen LogP contribution is 2.43. The Morgan fingerprint density at radius 3 is 2.57 bits per heavy atom. The van der Waals surface area contributed by atoms with Crippen molar-refractivity contribution in [2.45, 2.75) is 95.7 Å². The first kappa shape index (κ1) is 26.4. The molecule has 1 unspecified atom stereocenters. The van der Waals surface area contributed by atoms with E-state index in [9.17, 15) is 4.79 Å². The van der Waals surface area contributed by atoms with Gasteiger partial charge in [0.2, 0.25) is 0 Å². The molecule has 1 aromatic rings. The Morgan fingerprint density at radius 2 is 1.91 bits per heavy atom. The van der Waals surface area contributed by atoms with Crippen LogP contribution in [0.5, 0.6) is 0 Å². The SMILES string of the molecule is CN(CCNCCc1cn(C2CCCCO2)nc1C1CCC2(CC1)OCCO2)C(=O)OC(C)(C)C. The lowest BCUT2D eigenvalue weighted by Crippen LogP contribution is -2.38. The zero-order chi connectivity index (χ0) is 24.9. The summed E-state index contributed by atoms with van der Waals surface area (Å²) in [6.45, 7) is 10.0. The number of rotatable bonds is 8. The molecule has 3 fully saturated rings. The second-order valence-corrected chi connectivity index (χ2v) is 11.1. The Kier molecular flexibility index (Phi) is 8.73. The second-order valence-electron chi connectivity index (χ2n) is 11.1. The summed E-state index contributed by atoms with van der Waals surface area (Å²) in [5, 5.41) is 8.55. The summed E-state index contributed by atoms with van der Waals surface area (Å²) < 4.78 is 25.4. The number of amides is 1. The molecule has 9 heteroatoms. The fraction of sp³-hybridized carbons (Fsp3) is 0.846. The van der Waals surface area contributed by atoms with Crippen LogP contribution in [0.25, 0.3) is 0 Å². The van der Waals surface area contributed by atoms with Crippen LogP contribution in [-0.2, 0) is 25.4 Å². The average molecular weight is 493 g/mol. The molecule has 1 saturated carbocycles. The van der Waals surface area contributed by atoms with Crippen molar-refractivity contribution < 1.29 is 23.7 Å². The van der Waals surface area contributed by atoms with Crippen molar-refractivity contribution in [3.8, 4) is 0 Å². The van der Waals surface area contributed by atoms with Crippen molar-refractivity contribution in [2.24, 2.45) is 0 Å². The molecule has 35 heavy (non-hydrogen) atoms. The third-order valence-corrected chi connectivity index (χ3v) is 7.14. The molecule has 0 radical (unpaired) electrons. The van der Waals surface area contributed by atoms with Gasteiger partial charge in [-0.05, 0) is 71.4 Å². The van der Waals surface area contributed by atoms with Crippen molar-refractivity contribution in [3.63, 3.8) is 0 Å². The van der Waals surface area contributed by atoms with Crippen molar-refractivity contribution in [2.75, 3.05) is 46.5 Å². The van der Waals surface area contributed by atoms with Gasteiger partial charge in [-0.1, -0.05) is 0 Å². The number of hydrogen-bond acceptors (Lipinski definition) is 7. The number of ether oxygens (including phenoxy) is 4. The number of carbonyl (C=O) groups excluding carboxylic acids is 1. The van der Waals surface area contributed by atoms with Gasteiger partial charge in [0.05, 0.1) is 18.9 Å². The summed E-state index contributed by atoms with van der Waals surface area (Å²) in [5.74, 6) is 0.0690. The van der Waals surface area contributed by atoms with E-state index in [1.54, 1.807) is 11.9 Å². The van der Waals surface area contributed by atoms with Crippen LogP contribution in [0, 0.1) is 0 Å². The smallest absolute Gasteiger partial charge is 0.410 e. The van der Waals surface area contributed by atoms with Gasteiger partial charge in [-0.2, -0.15) is 5.10 Å². The normalized spacial score (nSPS) is 23.0. The summed E-state index contributed by atoms with van der Waals surface area (Å²) in [7, 11) is 1.77. The molecule has 2 saturated heterocycles. The molecule has 1 aromatic heterocycles. The molecule has 1 N–H and O–H groups in total.